The van der Waals surface area contributed by atoms with Gasteiger partial charge < -0.3 is 18.9 Å². The summed E-state index contributed by atoms with van der Waals surface area (Å²) in [5.41, 5.74) is 0. The molecule has 0 aromatic heterocycles. The average Bonchev–Trinajstić information content (AvgIpc) is 3.40. The van der Waals surface area contributed by atoms with Gasteiger partial charge in [0.1, 0.15) is 19.8 Å². The Hall–Kier alpha value is -2.29. The number of hydrogen-bond acceptors (Lipinski definition) is 7. The first-order valence-electron chi connectivity index (χ1n) is 33.0. The minimum atomic E-state index is -4.39. The molecule has 2 atom stereocenters. The maximum atomic E-state index is 12.8. The highest BCUT2D eigenvalue weighted by Gasteiger charge is 2.27. The van der Waals surface area contributed by atoms with E-state index in [9.17, 15) is 19.0 Å². The second kappa shape index (κ2) is 59.3. The summed E-state index contributed by atoms with van der Waals surface area (Å²) in [4.78, 5) is 35.8. The molecule has 0 bridgehead atoms. The average molecular weight is 1120 g/mol. The van der Waals surface area contributed by atoms with E-state index in [-0.39, 0.29) is 25.6 Å². The monoisotopic (exact) mass is 1120 g/mol. The van der Waals surface area contributed by atoms with Crippen molar-refractivity contribution >= 4 is 19.8 Å². The molecule has 0 aromatic carbocycles. The lowest BCUT2D eigenvalue weighted by Crippen LogP contribution is -2.37. The number of phosphoric acid groups is 1. The van der Waals surface area contributed by atoms with Crippen molar-refractivity contribution in [1.82, 2.24) is 0 Å². The number of carbonyl (C=O) groups is 2. The van der Waals surface area contributed by atoms with Gasteiger partial charge in [-0.1, -0.05) is 280 Å². The van der Waals surface area contributed by atoms with Crippen LogP contribution in [0.15, 0.2) is 60.8 Å². The highest BCUT2D eigenvalue weighted by Crippen LogP contribution is 2.43. The number of hydrogen-bond donors (Lipinski definition) is 1. The largest absolute Gasteiger partial charge is 0.472 e. The van der Waals surface area contributed by atoms with E-state index in [1.165, 1.54) is 205 Å². The minimum absolute atomic E-state index is 0.0304. The third kappa shape index (κ3) is 62.9. The van der Waals surface area contributed by atoms with Gasteiger partial charge in [-0.25, -0.2) is 4.57 Å². The Bertz CT molecular complexity index is 1500. The predicted molar refractivity (Wildman–Crippen MR) is 335 cm³/mol. The van der Waals surface area contributed by atoms with Crippen molar-refractivity contribution in [3.05, 3.63) is 60.8 Å². The first-order chi connectivity index (χ1) is 38.0. The second-order valence-corrected chi connectivity index (χ2v) is 24.9. The summed E-state index contributed by atoms with van der Waals surface area (Å²) >= 11 is 0. The van der Waals surface area contributed by atoms with Crippen LogP contribution in [0.3, 0.4) is 0 Å². The van der Waals surface area contributed by atoms with Gasteiger partial charge in [0.15, 0.2) is 6.10 Å². The SMILES string of the molecule is CC/C=C\C/C=C\C/C=C\C/C=C\CCCCCCCCCCCCC(=O)OC(COC(=O)CCCCCCCCCCCCCCCCCCCCC/C=C\CCCCCCCCCC)COP(=O)(O)OCC[N+](C)(C)C. The number of rotatable bonds is 61. The highest BCUT2D eigenvalue weighted by molar-refractivity contribution is 7.47. The Labute approximate surface area is 483 Å². The molecule has 0 saturated carbocycles. The van der Waals surface area contributed by atoms with E-state index in [0.29, 0.717) is 23.9 Å². The zero-order valence-corrected chi connectivity index (χ0v) is 52.8. The van der Waals surface area contributed by atoms with E-state index in [1.54, 1.807) is 0 Å². The molecule has 10 heteroatoms. The number of unbranched alkanes of at least 4 members (excludes halogenated alkanes) is 37. The number of phosphoric ester groups is 1. The third-order valence-electron chi connectivity index (χ3n) is 14.5. The fourth-order valence-electron chi connectivity index (χ4n) is 9.48. The lowest BCUT2D eigenvalue weighted by molar-refractivity contribution is -0.870. The molecule has 0 rings (SSSR count). The normalized spacial score (nSPS) is 13.6. The van der Waals surface area contributed by atoms with Crippen molar-refractivity contribution in [2.45, 2.75) is 315 Å². The second-order valence-electron chi connectivity index (χ2n) is 23.5. The van der Waals surface area contributed by atoms with Crippen LogP contribution in [0.4, 0.5) is 0 Å². The van der Waals surface area contributed by atoms with Crippen LogP contribution < -0.4 is 0 Å². The lowest BCUT2D eigenvalue weighted by Gasteiger charge is -2.24. The quantitative estimate of drug-likeness (QED) is 0.0211. The number of quaternary nitrogens is 1. The van der Waals surface area contributed by atoms with Gasteiger partial charge in [0.2, 0.25) is 0 Å². The van der Waals surface area contributed by atoms with Crippen LogP contribution in [0.2, 0.25) is 0 Å². The molecule has 0 radical (unpaired) electrons. The zero-order valence-electron chi connectivity index (χ0n) is 51.9. The zero-order chi connectivity index (χ0) is 57.0. The van der Waals surface area contributed by atoms with Crippen LogP contribution in [0, 0.1) is 0 Å². The van der Waals surface area contributed by atoms with Gasteiger partial charge in [-0.05, 0) is 77.0 Å². The van der Waals surface area contributed by atoms with Crippen molar-refractivity contribution in [3.8, 4) is 0 Å². The van der Waals surface area contributed by atoms with Crippen molar-refractivity contribution in [1.29, 1.82) is 0 Å². The summed E-state index contributed by atoms with van der Waals surface area (Å²) in [5.74, 6) is -0.791. The van der Waals surface area contributed by atoms with Crippen molar-refractivity contribution < 1.29 is 42.1 Å². The minimum Gasteiger partial charge on any atom is -0.462 e. The maximum Gasteiger partial charge on any atom is 0.472 e. The first-order valence-corrected chi connectivity index (χ1v) is 34.5. The number of ether oxygens (including phenoxy) is 2. The van der Waals surface area contributed by atoms with Gasteiger partial charge in [-0.2, -0.15) is 0 Å². The number of allylic oxidation sites excluding steroid dienone is 10. The van der Waals surface area contributed by atoms with Crippen LogP contribution in [0.25, 0.3) is 0 Å². The third-order valence-corrected chi connectivity index (χ3v) is 15.5. The maximum absolute atomic E-state index is 12.8. The van der Waals surface area contributed by atoms with Crippen LogP contribution in [0.5, 0.6) is 0 Å². The fourth-order valence-corrected chi connectivity index (χ4v) is 10.2. The molecule has 0 heterocycles. The summed E-state index contributed by atoms with van der Waals surface area (Å²) in [6, 6.07) is 0. The molecule has 0 aromatic rings. The van der Waals surface area contributed by atoms with Crippen LogP contribution >= 0.6 is 7.82 Å². The van der Waals surface area contributed by atoms with Gasteiger partial charge >= 0.3 is 19.8 Å². The number of nitrogens with zero attached hydrogens (tertiary/aromatic N) is 1. The van der Waals surface area contributed by atoms with E-state index in [2.05, 4.69) is 74.6 Å². The van der Waals surface area contributed by atoms with E-state index in [0.717, 1.165) is 70.6 Å². The molecular formula is C68H127NO8P+. The van der Waals surface area contributed by atoms with Crippen molar-refractivity contribution in [2.75, 3.05) is 47.5 Å². The van der Waals surface area contributed by atoms with Gasteiger partial charge in [-0.3, -0.25) is 18.6 Å². The summed E-state index contributed by atoms with van der Waals surface area (Å²) in [7, 11) is 1.48. The molecule has 0 spiro atoms. The highest BCUT2D eigenvalue weighted by atomic mass is 31.2. The lowest BCUT2D eigenvalue weighted by atomic mass is 10.0. The topological polar surface area (TPSA) is 108 Å². The molecule has 1 N–H and O–H groups in total. The predicted octanol–water partition coefficient (Wildman–Crippen LogP) is 21.0. The molecule has 0 aliphatic heterocycles. The summed E-state index contributed by atoms with van der Waals surface area (Å²) < 4.78 is 34.7. The molecule has 78 heavy (non-hydrogen) atoms. The molecule has 2 unspecified atom stereocenters. The van der Waals surface area contributed by atoms with Crippen molar-refractivity contribution in [3.63, 3.8) is 0 Å². The number of carbonyl (C=O) groups excluding carboxylic acids is 2. The van der Waals surface area contributed by atoms with Crippen molar-refractivity contribution in [2.24, 2.45) is 0 Å². The molecule has 0 aliphatic rings. The van der Waals surface area contributed by atoms with Gasteiger partial charge in [0, 0.05) is 12.8 Å². The van der Waals surface area contributed by atoms with Crippen LogP contribution in [0.1, 0.15) is 309 Å². The standard InChI is InChI=1S/C68H126NO8P/c1-6-8-10-12-14-16-18-20-22-24-26-28-30-31-32-33-34-35-36-37-39-40-42-44-46-48-50-52-54-56-58-60-67(70)74-64-66(65-76-78(72,73)75-63-62-69(3,4)5)77-68(71)61-59-57-55-53-51-49-47-45-43-41-38-29-27-25-23-21-19-17-15-13-11-9-7-2/h9,11,15,17,21,23-24,26-27,29,66H,6-8,10,12-14,16,18-20,22,25,28,30-65H2,1-5H3/p+1/b11-9-,17-15-,23-21-,26-24-,29-27-. The molecule has 0 saturated heterocycles. The molecule has 0 aliphatic carbocycles. The van der Waals surface area contributed by atoms with E-state index < -0.39 is 26.5 Å². The van der Waals surface area contributed by atoms with E-state index >= 15 is 0 Å². The molecule has 0 amide bonds. The van der Waals surface area contributed by atoms with Crippen LogP contribution in [-0.2, 0) is 32.7 Å². The Morgan fingerprint density at radius 1 is 0.410 bits per heavy atom. The summed E-state index contributed by atoms with van der Waals surface area (Å²) in [6.45, 7) is 4.36. The summed E-state index contributed by atoms with van der Waals surface area (Å²) in [6.07, 6.45) is 77.4. The fraction of sp³-hybridized carbons (Fsp3) is 0.824. The van der Waals surface area contributed by atoms with E-state index in [1.807, 2.05) is 21.1 Å². The Kier molecular flexibility index (Phi) is 57.6. The molecule has 9 nitrogen and oxygen atoms in total. The van der Waals surface area contributed by atoms with Gasteiger partial charge in [-0.15, -0.1) is 0 Å². The van der Waals surface area contributed by atoms with Crippen LogP contribution in [-0.4, -0.2) is 74.9 Å². The Balaban J connectivity index is 4.04. The Morgan fingerprint density at radius 2 is 0.731 bits per heavy atom. The summed E-state index contributed by atoms with van der Waals surface area (Å²) in [5, 5.41) is 0. The Morgan fingerprint density at radius 3 is 1.10 bits per heavy atom. The van der Waals surface area contributed by atoms with Gasteiger partial charge in [0.05, 0.1) is 27.7 Å². The van der Waals surface area contributed by atoms with E-state index in [4.69, 9.17) is 18.5 Å². The molecule has 456 valence electrons. The number of likely N-dealkylation sites (N-methyl/N-ethyl adjacent to an activating group) is 1. The first kappa shape index (κ1) is 75.7. The molecular weight excluding hydrogens is 990 g/mol. The smallest absolute Gasteiger partial charge is 0.462 e. The molecule has 0 fully saturated rings. The number of esters is 2. The van der Waals surface area contributed by atoms with Gasteiger partial charge in [0.25, 0.3) is 0 Å².